The van der Waals surface area contributed by atoms with Crippen molar-refractivity contribution in [3.8, 4) is 5.75 Å². The number of nitrogens with zero attached hydrogens (tertiary/aromatic N) is 5. The minimum Gasteiger partial charge on any atom is -0.486 e. The van der Waals surface area contributed by atoms with Gasteiger partial charge < -0.3 is 39.6 Å². The van der Waals surface area contributed by atoms with Crippen LogP contribution in [0.4, 0.5) is 11.6 Å². The van der Waals surface area contributed by atoms with Crippen LogP contribution in [0.25, 0.3) is 0 Å². The summed E-state index contributed by atoms with van der Waals surface area (Å²) in [6.45, 7) is 5.86. The first-order valence-corrected chi connectivity index (χ1v) is 14.1. The van der Waals surface area contributed by atoms with Crippen molar-refractivity contribution in [1.29, 1.82) is 0 Å². The monoisotopic (exact) mass is 544 g/mol. The summed E-state index contributed by atoms with van der Waals surface area (Å²) in [6, 6.07) is 2.24. The number of aliphatic hydroxyl groups excluding tert-OH is 1. The molecule has 0 aromatic carbocycles. The zero-order valence-corrected chi connectivity index (χ0v) is 22.7. The maximum atomic E-state index is 10.2. The summed E-state index contributed by atoms with van der Waals surface area (Å²) in [6.07, 6.45) is 5.74. The highest BCUT2D eigenvalue weighted by atomic mass is 32.2. The third kappa shape index (κ3) is 4.93. The van der Waals surface area contributed by atoms with Crippen LogP contribution in [0.3, 0.4) is 0 Å². The highest BCUT2D eigenvalue weighted by Gasteiger charge is 2.44. The Balaban J connectivity index is 1.17. The Morgan fingerprint density at radius 3 is 3.00 bits per heavy atom. The van der Waals surface area contributed by atoms with Crippen molar-refractivity contribution in [3.05, 3.63) is 24.2 Å². The lowest BCUT2D eigenvalue weighted by Gasteiger charge is -2.36. The lowest BCUT2D eigenvalue weighted by molar-refractivity contribution is -0.0414. The van der Waals surface area contributed by atoms with Crippen molar-refractivity contribution < 1.29 is 24.1 Å². The van der Waals surface area contributed by atoms with Crippen LogP contribution in [0.2, 0.25) is 0 Å². The smallest absolute Gasteiger partial charge is 0.175 e. The van der Waals surface area contributed by atoms with E-state index >= 15 is 0 Å². The van der Waals surface area contributed by atoms with E-state index in [1.807, 2.05) is 19.2 Å². The van der Waals surface area contributed by atoms with Gasteiger partial charge in [0.2, 0.25) is 0 Å². The van der Waals surface area contributed by atoms with Gasteiger partial charge in [-0.25, -0.2) is 15.0 Å². The Bertz CT molecular complexity index is 1140. The van der Waals surface area contributed by atoms with Gasteiger partial charge in [0.25, 0.3) is 0 Å². The van der Waals surface area contributed by atoms with Gasteiger partial charge in [0, 0.05) is 50.8 Å². The molecule has 0 amide bonds. The number of fused-ring (bicyclic) bond motifs is 4. The molecule has 3 fully saturated rings. The van der Waals surface area contributed by atoms with Crippen LogP contribution in [-0.4, -0.2) is 91.1 Å². The highest BCUT2D eigenvalue weighted by molar-refractivity contribution is 7.99. The van der Waals surface area contributed by atoms with Gasteiger partial charge in [-0.2, -0.15) is 0 Å². The molecular formula is C26H36N6O5S. The van der Waals surface area contributed by atoms with Crippen LogP contribution >= 0.6 is 11.8 Å². The first kappa shape index (κ1) is 26.0. The molecule has 2 unspecified atom stereocenters. The zero-order chi connectivity index (χ0) is 26.2. The predicted molar refractivity (Wildman–Crippen MR) is 142 cm³/mol. The van der Waals surface area contributed by atoms with Crippen molar-refractivity contribution in [1.82, 2.24) is 15.0 Å². The maximum absolute atomic E-state index is 10.2. The average molecular weight is 545 g/mol. The number of methoxy groups -OCH3 is 1. The standard InChI is InChI=1S/C26H36N6O5S/c1-15-23(27)18-10-31(6-4-20(18)37-15)25-19(11-33)30-22(8-29-25)38-21-3-5-28-26-24(21)36-13-17-7-16(9-32(17)26)12-35-14-34-2/h3,5,8,15-18,20,23,33H,4,6-7,9-14,27H2,1-2H3/t15-,16-,17-,18?,20?,23+/m0/s1. The lowest BCUT2D eigenvalue weighted by atomic mass is 9.89. The van der Waals surface area contributed by atoms with Gasteiger partial charge in [-0.3, -0.25) is 0 Å². The van der Waals surface area contributed by atoms with Crippen molar-refractivity contribution in [2.24, 2.45) is 17.6 Å². The fraction of sp³-hybridized carbons (Fsp3) is 0.654. The van der Waals surface area contributed by atoms with E-state index in [4.69, 9.17) is 34.6 Å². The van der Waals surface area contributed by atoms with Crippen molar-refractivity contribution >= 4 is 23.4 Å². The summed E-state index contributed by atoms with van der Waals surface area (Å²) < 4.78 is 22.9. The number of nitrogens with two attached hydrogens (primary N) is 1. The Morgan fingerprint density at radius 2 is 2.16 bits per heavy atom. The third-order valence-corrected chi connectivity index (χ3v) is 9.03. The van der Waals surface area contributed by atoms with Gasteiger partial charge in [-0.05, 0) is 25.8 Å². The maximum Gasteiger partial charge on any atom is 0.175 e. The second kappa shape index (κ2) is 11.1. The quantitative estimate of drug-likeness (QED) is 0.370. The molecule has 0 bridgehead atoms. The Kier molecular flexibility index (Phi) is 7.61. The van der Waals surface area contributed by atoms with Gasteiger partial charge in [-0.1, -0.05) is 11.8 Å². The van der Waals surface area contributed by atoms with E-state index in [-0.39, 0.29) is 36.8 Å². The Labute approximate surface area is 227 Å². The summed E-state index contributed by atoms with van der Waals surface area (Å²) >= 11 is 1.48. The highest BCUT2D eigenvalue weighted by Crippen LogP contribution is 2.45. The van der Waals surface area contributed by atoms with Crippen LogP contribution in [0.5, 0.6) is 5.75 Å². The number of piperidine rings is 1. The van der Waals surface area contributed by atoms with Crippen molar-refractivity contribution in [2.75, 3.05) is 56.6 Å². The molecule has 0 saturated carbocycles. The summed E-state index contributed by atoms with van der Waals surface area (Å²) in [4.78, 5) is 19.6. The number of aromatic nitrogens is 3. The minimum absolute atomic E-state index is 0.00407. The number of hydrogen-bond acceptors (Lipinski definition) is 12. The van der Waals surface area contributed by atoms with E-state index in [0.717, 1.165) is 54.8 Å². The molecule has 206 valence electrons. The number of pyridine rings is 1. The van der Waals surface area contributed by atoms with E-state index in [0.29, 0.717) is 36.6 Å². The van der Waals surface area contributed by atoms with Crippen LogP contribution in [0.1, 0.15) is 25.5 Å². The number of rotatable bonds is 8. The molecule has 6 rings (SSSR count). The minimum atomic E-state index is -0.187. The fourth-order valence-electron chi connectivity index (χ4n) is 6.21. The topological polar surface area (TPSA) is 128 Å². The molecule has 3 N–H and O–H groups in total. The molecule has 2 aromatic heterocycles. The molecule has 4 aliphatic rings. The molecule has 11 nitrogen and oxygen atoms in total. The fourth-order valence-corrected chi connectivity index (χ4v) is 7.07. The molecule has 12 heteroatoms. The van der Waals surface area contributed by atoms with Crippen LogP contribution in [0, 0.1) is 11.8 Å². The van der Waals surface area contributed by atoms with Gasteiger partial charge in [0.1, 0.15) is 24.1 Å². The largest absolute Gasteiger partial charge is 0.486 e. The van der Waals surface area contributed by atoms with Crippen molar-refractivity contribution in [3.63, 3.8) is 0 Å². The molecule has 0 spiro atoms. The number of anilines is 2. The molecule has 0 aliphatic carbocycles. The third-order valence-electron chi connectivity index (χ3n) is 8.08. The normalized spacial score (nSPS) is 30.1. The van der Waals surface area contributed by atoms with Crippen LogP contribution < -0.4 is 20.3 Å². The van der Waals surface area contributed by atoms with Gasteiger partial charge in [0.15, 0.2) is 17.4 Å². The van der Waals surface area contributed by atoms with E-state index in [2.05, 4.69) is 14.8 Å². The summed E-state index contributed by atoms with van der Waals surface area (Å²) in [5, 5.41) is 10.9. The molecule has 3 saturated heterocycles. The first-order chi connectivity index (χ1) is 18.6. The summed E-state index contributed by atoms with van der Waals surface area (Å²) in [7, 11) is 1.64. The molecule has 6 atom stereocenters. The van der Waals surface area contributed by atoms with Gasteiger partial charge >= 0.3 is 0 Å². The molecule has 4 aliphatic heterocycles. The van der Waals surface area contributed by atoms with E-state index in [9.17, 15) is 5.11 Å². The zero-order valence-electron chi connectivity index (χ0n) is 21.9. The van der Waals surface area contributed by atoms with E-state index in [1.165, 1.54) is 11.8 Å². The number of aliphatic hydroxyl groups is 1. The average Bonchev–Trinajstić information content (AvgIpc) is 3.48. The Hall–Kier alpha value is -2.22. The molecule has 0 radical (unpaired) electrons. The number of hydrogen-bond donors (Lipinski definition) is 2. The summed E-state index contributed by atoms with van der Waals surface area (Å²) in [5.41, 5.74) is 6.97. The molecular weight excluding hydrogens is 508 g/mol. The summed E-state index contributed by atoms with van der Waals surface area (Å²) in [5.74, 6) is 3.01. The second-order valence-corrected chi connectivity index (χ2v) is 11.6. The Morgan fingerprint density at radius 1 is 1.26 bits per heavy atom. The second-order valence-electron chi connectivity index (χ2n) is 10.6. The molecule has 38 heavy (non-hydrogen) atoms. The van der Waals surface area contributed by atoms with Crippen molar-refractivity contribution in [2.45, 2.75) is 60.6 Å². The van der Waals surface area contributed by atoms with E-state index < -0.39 is 0 Å². The molecule has 2 aromatic rings. The lowest BCUT2D eigenvalue weighted by Crippen LogP contribution is -2.48. The van der Waals surface area contributed by atoms with Gasteiger partial charge in [0.05, 0.1) is 42.6 Å². The number of ether oxygens (including phenoxy) is 4. The molecule has 6 heterocycles. The van der Waals surface area contributed by atoms with Gasteiger partial charge in [-0.15, -0.1) is 0 Å². The predicted octanol–water partition coefficient (Wildman–Crippen LogP) is 1.66. The first-order valence-electron chi connectivity index (χ1n) is 13.3. The van der Waals surface area contributed by atoms with Crippen LogP contribution in [-0.2, 0) is 20.8 Å². The van der Waals surface area contributed by atoms with Crippen LogP contribution in [0.15, 0.2) is 28.4 Å². The SMILES string of the molecule is COCOC[C@H]1C[C@H]2COc3c(Sc4cnc(N5CCC6O[C@@H](C)[C@@H](N)C6C5)c(CO)n4)ccnc3N2C1. The van der Waals surface area contributed by atoms with E-state index in [1.54, 1.807) is 13.3 Å².